The van der Waals surface area contributed by atoms with E-state index in [1.54, 1.807) is 11.3 Å². The van der Waals surface area contributed by atoms with Gasteiger partial charge < -0.3 is 10.2 Å². The number of hydrogen-bond donors (Lipinski definition) is 2. The molecule has 2 N–H and O–H groups in total. The molecule has 72 valence electrons. The Kier molecular flexibility index (Phi) is 3.45. The van der Waals surface area contributed by atoms with Crippen molar-refractivity contribution in [3.63, 3.8) is 0 Å². The molecule has 0 saturated carbocycles. The number of thiophene rings is 1. The third-order valence-electron chi connectivity index (χ3n) is 1.75. The van der Waals surface area contributed by atoms with E-state index in [0.29, 0.717) is 0 Å². The fourth-order valence-electron chi connectivity index (χ4n) is 1.000. The molecule has 0 amide bonds. The van der Waals surface area contributed by atoms with Crippen LogP contribution in [0.2, 0.25) is 0 Å². The largest absolute Gasteiger partial charge is 0.479 e. The number of carboxylic acids is 1. The van der Waals surface area contributed by atoms with Crippen LogP contribution in [0.15, 0.2) is 12.1 Å². The second-order valence-electron chi connectivity index (χ2n) is 2.78. The molecule has 0 radical (unpaired) electrons. The molecule has 1 unspecified atom stereocenters. The number of carboxylic acid groups (broad SMARTS) is 1. The third-order valence-corrected chi connectivity index (χ3v) is 3.00. The molecule has 4 heteroatoms. The molecule has 0 spiro atoms. The van der Waals surface area contributed by atoms with Gasteiger partial charge in [0.1, 0.15) is 0 Å². The molecule has 0 aliphatic rings. The van der Waals surface area contributed by atoms with E-state index in [-0.39, 0.29) is 6.42 Å². The van der Waals surface area contributed by atoms with Gasteiger partial charge in [0.15, 0.2) is 6.10 Å². The fourth-order valence-corrected chi connectivity index (χ4v) is 1.99. The third kappa shape index (κ3) is 2.82. The number of aliphatic hydroxyl groups excluding tert-OH is 1. The van der Waals surface area contributed by atoms with Crippen LogP contribution >= 0.6 is 11.3 Å². The molecule has 0 aliphatic heterocycles. The van der Waals surface area contributed by atoms with Crippen LogP contribution in [0.4, 0.5) is 0 Å². The van der Waals surface area contributed by atoms with Crippen LogP contribution in [-0.4, -0.2) is 22.3 Å². The minimum atomic E-state index is -1.27. The molecule has 0 aromatic carbocycles. The Bertz CT molecular complexity index is 293. The first-order chi connectivity index (χ1) is 6.13. The van der Waals surface area contributed by atoms with E-state index in [0.717, 1.165) is 11.3 Å². The summed E-state index contributed by atoms with van der Waals surface area (Å²) in [6, 6.07) is 3.84. The van der Waals surface area contributed by atoms with E-state index in [2.05, 4.69) is 0 Å². The van der Waals surface area contributed by atoms with Gasteiger partial charge in [0.05, 0.1) is 0 Å². The molecule has 0 bridgehead atoms. The molecule has 0 fully saturated rings. The maximum absolute atomic E-state index is 10.3. The van der Waals surface area contributed by atoms with E-state index in [9.17, 15) is 4.79 Å². The number of carbonyl (C=O) groups is 1. The van der Waals surface area contributed by atoms with Crippen LogP contribution in [0.5, 0.6) is 0 Å². The van der Waals surface area contributed by atoms with E-state index in [4.69, 9.17) is 10.2 Å². The molecule has 3 nitrogen and oxygen atoms in total. The summed E-state index contributed by atoms with van der Waals surface area (Å²) in [5.74, 6) is -1.16. The molecular weight excluding hydrogens is 188 g/mol. The highest BCUT2D eigenvalue weighted by molar-refractivity contribution is 7.12. The van der Waals surface area contributed by atoms with Crippen molar-refractivity contribution in [2.75, 3.05) is 0 Å². The van der Waals surface area contributed by atoms with Gasteiger partial charge in [-0.3, -0.25) is 0 Å². The summed E-state index contributed by atoms with van der Waals surface area (Å²) in [6.45, 7) is 2.04. The highest BCUT2D eigenvalue weighted by Crippen LogP contribution is 2.18. The minimum absolute atomic E-state index is 0.208. The summed E-state index contributed by atoms with van der Waals surface area (Å²) in [5.41, 5.74) is 0. The Labute approximate surface area is 80.6 Å². The summed E-state index contributed by atoms with van der Waals surface area (Å²) >= 11 is 1.56. The van der Waals surface area contributed by atoms with Gasteiger partial charge in [-0.05, 0) is 18.6 Å². The topological polar surface area (TPSA) is 57.5 Å². The van der Waals surface area contributed by atoms with E-state index in [1.165, 1.54) is 4.88 Å². The van der Waals surface area contributed by atoms with Gasteiger partial charge in [0, 0.05) is 16.2 Å². The summed E-state index contributed by atoms with van der Waals surface area (Å²) in [6.07, 6.45) is -0.114. The number of aliphatic carboxylic acids is 1. The van der Waals surface area contributed by atoms with Crippen LogP contribution < -0.4 is 0 Å². The van der Waals surface area contributed by atoms with Crippen molar-refractivity contribution in [3.05, 3.63) is 21.9 Å². The minimum Gasteiger partial charge on any atom is -0.479 e. The first-order valence-electron chi connectivity index (χ1n) is 4.12. The van der Waals surface area contributed by atoms with Gasteiger partial charge >= 0.3 is 5.97 Å². The molecular formula is C9H12O3S. The standard InChI is InChI=1S/C9H12O3S/c1-2-6-3-4-7(13-6)5-8(10)9(11)12/h3-4,8,10H,2,5H2,1H3,(H,11,12). The SMILES string of the molecule is CCc1ccc(CC(O)C(=O)O)s1. The van der Waals surface area contributed by atoms with Crippen LogP contribution in [-0.2, 0) is 17.6 Å². The monoisotopic (exact) mass is 200 g/mol. The van der Waals surface area contributed by atoms with Crippen LogP contribution in [0, 0.1) is 0 Å². The zero-order valence-corrected chi connectivity index (χ0v) is 8.17. The summed E-state index contributed by atoms with van der Waals surface area (Å²) < 4.78 is 0. The Morgan fingerprint density at radius 1 is 1.54 bits per heavy atom. The zero-order chi connectivity index (χ0) is 9.84. The van der Waals surface area contributed by atoms with Crippen molar-refractivity contribution < 1.29 is 15.0 Å². The first kappa shape index (κ1) is 10.2. The number of aliphatic hydroxyl groups is 1. The number of hydrogen-bond acceptors (Lipinski definition) is 3. The molecule has 1 rings (SSSR count). The predicted molar refractivity (Wildman–Crippen MR) is 51.0 cm³/mol. The maximum Gasteiger partial charge on any atom is 0.332 e. The van der Waals surface area contributed by atoms with Gasteiger partial charge in [0.2, 0.25) is 0 Å². The second-order valence-corrected chi connectivity index (χ2v) is 4.03. The molecule has 1 aromatic heterocycles. The molecule has 0 aliphatic carbocycles. The van der Waals surface area contributed by atoms with Gasteiger partial charge in [-0.2, -0.15) is 0 Å². The molecule has 13 heavy (non-hydrogen) atoms. The van der Waals surface area contributed by atoms with Gasteiger partial charge in [-0.25, -0.2) is 4.79 Å². The van der Waals surface area contributed by atoms with Gasteiger partial charge in [0.25, 0.3) is 0 Å². The Morgan fingerprint density at radius 3 is 2.62 bits per heavy atom. The lowest BCUT2D eigenvalue weighted by atomic mass is 10.2. The van der Waals surface area contributed by atoms with Gasteiger partial charge in [-0.1, -0.05) is 6.92 Å². The lowest BCUT2D eigenvalue weighted by molar-refractivity contribution is -0.146. The van der Waals surface area contributed by atoms with Gasteiger partial charge in [-0.15, -0.1) is 11.3 Å². The molecule has 0 saturated heterocycles. The molecule has 1 atom stereocenters. The predicted octanol–water partition coefficient (Wildman–Crippen LogP) is 1.30. The Hall–Kier alpha value is -0.870. The second kappa shape index (κ2) is 4.39. The number of rotatable bonds is 4. The number of aryl methyl sites for hydroxylation is 1. The van der Waals surface area contributed by atoms with Crippen molar-refractivity contribution in [2.45, 2.75) is 25.9 Å². The Morgan fingerprint density at radius 2 is 2.15 bits per heavy atom. The van der Waals surface area contributed by atoms with Crippen molar-refractivity contribution in [1.29, 1.82) is 0 Å². The quantitative estimate of drug-likeness (QED) is 0.770. The molecule has 1 heterocycles. The zero-order valence-electron chi connectivity index (χ0n) is 7.36. The van der Waals surface area contributed by atoms with E-state index < -0.39 is 12.1 Å². The van der Waals surface area contributed by atoms with Crippen molar-refractivity contribution in [2.24, 2.45) is 0 Å². The average molecular weight is 200 g/mol. The smallest absolute Gasteiger partial charge is 0.332 e. The highest BCUT2D eigenvalue weighted by atomic mass is 32.1. The van der Waals surface area contributed by atoms with Crippen LogP contribution in [0.1, 0.15) is 16.7 Å². The van der Waals surface area contributed by atoms with Crippen molar-refractivity contribution in [3.8, 4) is 0 Å². The van der Waals surface area contributed by atoms with Crippen molar-refractivity contribution >= 4 is 17.3 Å². The first-order valence-corrected chi connectivity index (χ1v) is 4.93. The van der Waals surface area contributed by atoms with Crippen LogP contribution in [0.3, 0.4) is 0 Å². The average Bonchev–Trinajstić information content (AvgIpc) is 2.52. The highest BCUT2D eigenvalue weighted by Gasteiger charge is 2.14. The normalized spacial score (nSPS) is 12.8. The lowest BCUT2D eigenvalue weighted by Crippen LogP contribution is -2.21. The lowest BCUT2D eigenvalue weighted by Gasteiger charge is -2.01. The molecule has 1 aromatic rings. The summed E-state index contributed by atoms with van der Waals surface area (Å²) in [4.78, 5) is 12.5. The van der Waals surface area contributed by atoms with Crippen molar-refractivity contribution in [1.82, 2.24) is 0 Å². The summed E-state index contributed by atoms with van der Waals surface area (Å²) in [5, 5.41) is 17.5. The maximum atomic E-state index is 10.3. The van der Waals surface area contributed by atoms with E-state index >= 15 is 0 Å². The Balaban J connectivity index is 2.58. The fraction of sp³-hybridized carbons (Fsp3) is 0.444. The van der Waals surface area contributed by atoms with Crippen LogP contribution in [0.25, 0.3) is 0 Å². The summed E-state index contributed by atoms with van der Waals surface area (Å²) in [7, 11) is 0. The van der Waals surface area contributed by atoms with E-state index in [1.807, 2.05) is 19.1 Å².